The number of carbonyl (C=O) groups is 1. The van der Waals surface area contributed by atoms with Crippen molar-refractivity contribution >= 4 is 33.5 Å². The number of benzene rings is 1. The fourth-order valence-corrected chi connectivity index (χ4v) is 2.81. The molecule has 1 aromatic carbocycles. The molecule has 0 saturated carbocycles. The normalized spacial score (nSPS) is 17.9. The zero-order valence-electron chi connectivity index (χ0n) is 9.90. The molecule has 1 aliphatic rings. The van der Waals surface area contributed by atoms with Crippen LogP contribution in [0.3, 0.4) is 0 Å². The Labute approximate surface area is 120 Å². The molecule has 0 spiro atoms. The smallest absolute Gasteiger partial charge is 0.306 e. The van der Waals surface area contributed by atoms with E-state index >= 15 is 0 Å². The molecule has 5 heteroatoms. The molecule has 0 bridgehead atoms. The molecular weight excluding hydrogens is 318 g/mol. The number of hydrogen-bond acceptors (Lipinski definition) is 2. The summed E-state index contributed by atoms with van der Waals surface area (Å²) in [5.74, 6) is -0.845. The average molecular weight is 333 g/mol. The molecule has 1 aromatic rings. The minimum atomic E-state index is -0.668. The molecule has 1 heterocycles. The van der Waals surface area contributed by atoms with Gasteiger partial charge in [0, 0.05) is 16.0 Å². The summed E-state index contributed by atoms with van der Waals surface area (Å²) in [6.45, 7) is 2.47. The molecule has 3 nitrogen and oxygen atoms in total. The minimum Gasteiger partial charge on any atom is -0.481 e. The van der Waals surface area contributed by atoms with Gasteiger partial charge in [0.15, 0.2) is 0 Å². The number of halogens is 2. The van der Waals surface area contributed by atoms with Crippen molar-refractivity contribution in [3.8, 4) is 0 Å². The van der Waals surface area contributed by atoms with E-state index in [1.807, 2.05) is 18.2 Å². The number of likely N-dealkylation sites (tertiary alicyclic amines) is 1. The van der Waals surface area contributed by atoms with Crippen molar-refractivity contribution in [2.45, 2.75) is 19.4 Å². The SMILES string of the molecule is O=C(O)C1CCN(Cc2cc(Cl)ccc2Br)CC1. The molecular formula is C13H15BrClNO2. The van der Waals surface area contributed by atoms with Crippen LogP contribution in [-0.4, -0.2) is 29.1 Å². The predicted molar refractivity (Wildman–Crippen MR) is 74.8 cm³/mol. The number of aliphatic carboxylic acids is 1. The Kier molecular flexibility index (Phi) is 4.65. The summed E-state index contributed by atoms with van der Waals surface area (Å²) in [6, 6.07) is 5.75. The van der Waals surface area contributed by atoms with Crippen LogP contribution in [0.25, 0.3) is 0 Å². The molecule has 18 heavy (non-hydrogen) atoms. The van der Waals surface area contributed by atoms with Gasteiger partial charge in [0.05, 0.1) is 5.92 Å². The lowest BCUT2D eigenvalue weighted by Gasteiger charge is -2.30. The standard InChI is InChI=1S/C13H15BrClNO2/c14-12-2-1-11(15)7-10(12)8-16-5-3-9(4-6-16)13(17)18/h1-2,7,9H,3-6,8H2,(H,17,18). The number of hydrogen-bond donors (Lipinski definition) is 1. The van der Waals surface area contributed by atoms with Crippen molar-refractivity contribution in [2.75, 3.05) is 13.1 Å². The van der Waals surface area contributed by atoms with Gasteiger partial charge < -0.3 is 5.11 Å². The lowest BCUT2D eigenvalue weighted by atomic mass is 9.97. The second-order valence-electron chi connectivity index (χ2n) is 4.62. The molecule has 98 valence electrons. The van der Waals surface area contributed by atoms with Crippen LogP contribution in [0.2, 0.25) is 5.02 Å². The Morgan fingerprint density at radius 2 is 2.11 bits per heavy atom. The third kappa shape index (κ3) is 3.46. The lowest BCUT2D eigenvalue weighted by Crippen LogP contribution is -2.35. The van der Waals surface area contributed by atoms with Gasteiger partial charge >= 0.3 is 5.97 Å². The maximum atomic E-state index is 10.9. The molecule has 1 saturated heterocycles. The number of carboxylic acid groups (broad SMARTS) is 1. The van der Waals surface area contributed by atoms with Gasteiger partial charge in [-0.2, -0.15) is 0 Å². The van der Waals surface area contributed by atoms with E-state index in [-0.39, 0.29) is 5.92 Å². The van der Waals surface area contributed by atoms with Gasteiger partial charge in [-0.15, -0.1) is 0 Å². The van der Waals surface area contributed by atoms with E-state index < -0.39 is 5.97 Å². The first-order chi connectivity index (χ1) is 8.56. The van der Waals surface area contributed by atoms with Gasteiger partial charge in [-0.25, -0.2) is 0 Å². The Morgan fingerprint density at radius 3 is 2.72 bits per heavy atom. The Hall–Kier alpha value is -0.580. The van der Waals surface area contributed by atoms with Gasteiger partial charge in [0.2, 0.25) is 0 Å². The highest BCUT2D eigenvalue weighted by molar-refractivity contribution is 9.10. The molecule has 0 aliphatic carbocycles. The second-order valence-corrected chi connectivity index (χ2v) is 5.92. The maximum Gasteiger partial charge on any atom is 0.306 e. The third-order valence-corrected chi connectivity index (χ3v) is 4.35. The predicted octanol–water partition coefficient (Wildman–Crippen LogP) is 3.40. The summed E-state index contributed by atoms with van der Waals surface area (Å²) < 4.78 is 1.05. The molecule has 0 unspecified atom stereocenters. The van der Waals surface area contributed by atoms with Crippen LogP contribution in [0.5, 0.6) is 0 Å². The number of carboxylic acids is 1. The van der Waals surface area contributed by atoms with E-state index in [0.29, 0.717) is 0 Å². The van der Waals surface area contributed by atoms with Gasteiger partial charge in [0.25, 0.3) is 0 Å². The number of nitrogens with zero attached hydrogens (tertiary/aromatic N) is 1. The van der Waals surface area contributed by atoms with Crippen molar-refractivity contribution in [1.82, 2.24) is 4.90 Å². The van der Waals surface area contributed by atoms with Crippen LogP contribution in [0, 0.1) is 5.92 Å². The van der Waals surface area contributed by atoms with Crippen LogP contribution in [0.15, 0.2) is 22.7 Å². The highest BCUT2D eigenvalue weighted by Gasteiger charge is 2.24. The molecule has 1 aliphatic heterocycles. The number of rotatable bonds is 3. The molecule has 0 radical (unpaired) electrons. The van der Waals surface area contributed by atoms with Crippen LogP contribution in [0.4, 0.5) is 0 Å². The molecule has 1 N–H and O–H groups in total. The zero-order chi connectivity index (χ0) is 13.1. The lowest BCUT2D eigenvalue weighted by molar-refractivity contribution is -0.143. The van der Waals surface area contributed by atoms with Crippen LogP contribution in [-0.2, 0) is 11.3 Å². The topological polar surface area (TPSA) is 40.5 Å². The van der Waals surface area contributed by atoms with Crippen molar-refractivity contribution in [3.63, 3.8) is 0 Å². The van der Waals surface area contributed by atoms with Crippen molar-refractivity contribution < 1.29 is 9.90 Å². The summed E-state index contributed by atoms with van der Waals surface area (Å²) in [6.07, 6.45) is 1.46. The minimum absolute atomic E-state index is 0.177. The first-order valence-electron chi connectivity index (χ1n) is 5.95. The van der Waals surface area contributed by atoms with Gasteiger partial charge in [0.1, 0.15) is 0 Å². The summed E-state index contributed by atoms with van der Waals surface area (Å²) >= 11 is 9.50. The van der Waals surface area contributed by atoms with Crippen LogP contribution < -0.4 is 0 Å². The first kappa shape index (κ1) is 13.8. The highest BCUT2D eigenvalue weighted by Crippen LogP contribution is 2.25. The first-order valence-corrected chi connectivity index (χ1v) is 7.12. The fraction of sp³-hybridized carbons (Fsp3) is 0.462. The average Bonchev–Trinajstić information content (AvgIpc) is 2.34. The van der Waals surface area contributed by atoms with Crippen molar-refractivity contribution in [3.05, 3.63) is 33.3 Å². The molecule has 2 rings (SSSR count). The molecule has 0 aromatic heterocycles. The van der Waals surface area contributed by atoms with Crippen molar-refractivity contribution in [1.29, 1.82) is 0 Å². The monoisotopic (exact) mass is 331 g/mol. The van der Waals surface area contributed by atoms with Gasteiger partial charge in [-0.3, -0.25) is 9.69 Å². The fourth-order valence-electron chi connectivity index (χ4n) is 2.24. The summed E-state index contributed by atoms with van der Waals surface area (Å²) in [5, 5.41) is 9.68. The Bertz CT molecular complexity index is 445. The Morgan fingerprint density at radius 1 is 1.44 bits per heavy atom. The van der Waals surface area contributed by atoms with E-state index in [0.717, 1.165) is 47.5 Å². The Balaban J connectivity index is 1.95. The number of piperidine rings is 1. The quantitative estimate of drug-likeness (QED) is 0.922. The van der Waals surface area contributed by atoms with E-state index in [2.05, 4.69) is 20.8 Å². The second kappa shape index (κ2) is 6.04. The van der Waals surface area contributed by atoms with Crippen molar-refractivity contribution in [2.24, 2.45) is 5.92 Å². The van der Waals surface area contributed by atoms with E-state index in [9.17, 15) is 4.79 Å². The van der Waals surface area contributed by atoms with E-state index in [1.165, 1.54) is 0 Å². The summed E-state index contributed by atoms with van der Waals surface area (Å²) in [4.78, 5) is 13.1. The molecule has 0 amide bonds. The summed E-state index contributed by atoms with van der Waals surface area (Å²) in [5.41, 5.74) is 1.15. The maximum absolute atomic E-state index is 10.9. The largest absolute Gasteiger partial charge is 0.481 e. The van der Waals surface area contributed by atoms with Crippen LogP contribution >= 0.6 is 27.5 Å². The summed E-state index contributed by atoms with van der Waals surface area (Å²) in [7, 11) is 0. The highest BCUT2D eigenvalue weighted by atomic mass is 79.9. The molecule has 1 fully saturated rings. The van der Waals surface area contributed by atoms with Crippen LogP contribution in [0.1, 0.15) is 18.4 Å². The zero-order valence-corrected chi connectivity index (χ0v) is 12.2. The third-order valence-electron chi connectivity index (χ3n) is 3.34. The van der Waals surface area contributed by atoms with E-state index in [4.69, 9.17) is 16.7 Å². The van der Waals surface area contributed by atoms with E-state index in [1.54, 1.807) is 0 Å². The molecule has 0 atom stereocenters. The van der Waals surface area contributed by atoms with Gasteiger partial charge in [-0.05, 0) is 49.7 Å². The van der Waals surface area contributed by atoms with Gasteiger partial charge in [-0.1, -0.05) is 27.5 Å².